The SMILES string of the molecule is NCc1nccnc1-c1ccccn1. The fourth-order valence-electron chi connectivity index (χ4n) is 1.23. The minimum absolute atomic E-state index is 0.375. The van der Waals surface area contributed by atoms with Gasteiger partial charge < -0.3 is 5.73 Å². The zero-order valence-corrected chi connectivity index (χ0v) is 7.59. The van der Waals surface area contributed by atoms with Gasteiger partial charge in [0.15, 0.2) is 0 Å². The predicted molar refractivity (Wildman–Crippen MR) is 53.2 cm³/mol. The summed E-state index contributed by atoms with van der Waals surface area (Å²) in [6.45, 7) is 0.375. The molecule has 2 aromatic rings. The molecule has 0 saturated heterocycles. The van der Waals surface area contributed by atoms with Gasteiger partial charge in [-0.2, -0.15) is 0 Å². The Hall–Kier alpha value is -1.81. The molecule has 0 atom stereocenters. The van der Waals surface area contributed by atoms with Gasteiger partial charge in [-0.1, -0.05) is 6.07 Å². The molecule has 0 aliphatic heterocycles. The van der Waals surface area contributed by atoms with Gasteiger partial charge in [-0.25, -0.2) is 0 Å². The van der Waals surface area contributed by atoms with Crippen LogP contribution in [0.15, 0.2) is 36.8 Å². The number of nitrogens with zero attached hydrogens (tertiary/aromatic N) is 3. The van der Waals surface area contributed by atoms with Crippen molar-refractivity contribution in [2.45, 2.75) is 6.54 Å². The van der Waals surface area contributed by atoms with E-state index in [1.54, 1.807) is 18.6 Å². The zero-order valence-electron chi connectivity index (χ0n) is 7.59. The van der Waals surface area contributed by atoms with E-state index in [-0.39, 0.29) is 0 Å². The van der Waals surface area contributed by atoms with Gasteiger partial charge in [0.1, 0.15) is 5.69 Å². The molecule has 2 rings (SSSR count). The molecule has 0 saturated carbocycles. The minimum atomic E-state index is 0.375. The lowest BCUT2D eigenvalue weighted by Crippen LogP contribution is -2.03. The number of aromatic nitrogens is 3. The topological polar surface area (TPSA) is 64.7 Å². The molecule has 70 valence electrons. The Morgan fingerprint density at radius 3 is 2.57 bits per heavy atom. The van der Waals surface area contributed by atoms with Crippen LogP contribution in [0, 0.1) is 0 Å². The first-order chi connectivity index (χ1) is 6.92. The maximum atomic E-state index is 5.56. The van der Waals surface area contributed by atoms with E-state index in [0.717, 1.165) is 17.1 Å². The van der Waals surface area contributed by atoms with Crippen molar-refractivity contribution in [3.05, 3.63) is 42.5 Å². The zero-order chi connectivity index (χ0) is 9.80. The summed E-state index contributed by atoms with van der Waals surface area (Å²) in [5, 5.41) is 0. The molecular weight excluding hydrogens is 176 g/mol. The highest BCUT2D eigenvalue weighted by Crippen LogP contribution is 2.15. The van der Waals surface area contributed by atoms with Crippen LogP contribution in [0.4, 0.5) is 0 Å². The summed E-state index contributed by atoms with van der Waals surface area (Å²) in [6, 6.07) is 5.67. The molecule has 14 heavy (non-hydrogen) atoms. The van der Waals surface area contributed by atoms with Gasteiger partial charge >= 0.3 is 0 Å². The fourth-order valence-corrected chi connectivity index (χ4v) is 1.23. The van der Waals surface area contributed by atoms with Gasteiger partial charge in [-0.15, -0.1) is 0 Å². The second kappa shape index (κ2) is 3.93. The first kappa shape index (κ1) is 8.77. The van der Waals surface area contributed by atoms with Crippen molar-refractivity contribution < 1.29 is 0 Å². The van der Waals surface area contributed by atoms with Crippen LogP contribution in [-0.2, 0) is 6.54 Å². The van der Waals surface area contributed by atoms with Gasteiger partial charge in [0.2, 0.25) is 0 Å². The number of hydrogen-bond donors (Lipinski definition) is 1. The molecule has 2 N–H and O–H groups in total. The Bertz CT molecular complexity index is 413. The van der Waals surface area contributed by atoms with Crippen molar-refractivity contribution in [3.63, 3.8) is 0 Å². The van der Waals surface area contributed by atoms with Crippen molar-refractivity contribution in [2.24, 2.45) is 5.73 Å². The molecule has 4 heteroatoms. The Balaban J connectivity index is 2.51. The van der Waals surface area contributed by atoms with E-state index in [2.05, 4.69) is 15.0 Å². The molecule has 0 aromatic carbocycles. The smallest absolute Gasteiger partial charge is 0.111 e. The van der Waals surface area contributed by atoms with Crippen molar-refractivity contribution in [2.75, 3.05) is 0 Å². The fraction of sp³-hybridized carbons (Fsp3) is 0.100. The van der Waals surface area contributed by atoms with E-state index in [4.69, 9.17) is 5.73 Å². The summed E-state index contributed by atoms with van der Waals surface area (Å²) >= 11 is 0. The van der Waals surface area contributed by atoms with Crippen LogP contribution in [-0.4, -0.2) is 15.0 Å². The largest absolute Gasteiger partial charge is 0.325 e. The lowest BCUT2D eigenvalue weighted by Gasteiger charge is -2.03. The molecule has 2 aromatic heterocycles. The van der Waals surface area contributed by atoms with Crippen LogP contribution < -0.4 is 5.73 Å². The third kappa shape index (κ3) is 1.60. The molecule has 2 heterocycles. The Kier molecular flexibility index (Phi) is 2.46. The van der Waals surface area contributed by atoms with Crippen LogP contribution in [0.3, 0.4) is 0 Å². The summed E-state index contributed by atoms with van der Waals surface area (Å²) in [5.74, 6) is 0. The van der Waals surface area contributed by atoms with E-state index in [1.165, 1.54) is 0 Å². The third-order valence-electron chi connectivity index (χ3n) is 1.87. The lowest BCUT2D eigenvalue weighted by molar-refractivity contribution is 0.964. The molecule has 0 aliphatic rings. The summed E-state index contributed by atoms with van der Waals surface area (Å²) in [6.07, 6.45) is 5.00. The quantitative estimate of drug-likeness (QED) is 0.759. The second-order valence-electron chi connectivity index (χ2n) is 2.77. The van der Waals surface area contributed by atoms with Crippen LogP contribution in [0.1, 0.15) is 5.69 Å². The standard InChI is InChI=1S/C10H10N4/c11-7-9-10(14-6-5-13-9)8-3-1-2-4-12-8/h1-6H,7,11H2. The summed E-state index contributed by atoms with van der Waals surface area (Å²) < 4.78 is 0. The highest BCUT2D eigenvalue weighted by molar-refractivity contribution is 5.56. The van der Waals surface area contributed by atoms with Crippen molar-refractivity contribution >= 4 is 0 Å². The maximum absolute atomic E-state index is 5.56. The molecule has 0 fully saturated rings. The second-order valence-corrected chi connectivity index (χ2v) is 2.77. The first-order valence-electron chi connectivity index (χ1n) is 4.33. The van der Waals surface area contributed by atoms with Gasteiger partial charge in [-0.05, 0) is 12.1 Å². The average molecular weight is 186 g/mol. The number of pyridine rings is 1. The van der Waals surface area contributed by atoms with E-state index >= 15 is 0 Å². The lowest BCUT2D eigenvalue weighted by atomic mass is 10.2. The highest BCUT2D eigenvalue weighted by Gasteiger charge is 2.05. The number of rotatable bonds is 2. The van der Waals surface area contributed by atoms with E-state index in [0.29, 0.717) is 6.54 Å². The molecule has 0 bridgehead atoms. The van der Waals surface area contributed by atoms with E-state index in [1.807, 2.05) is 18.2 Å². The van der Waals surface area contributed by atoms with Crippen molar-refractivity contribution in [1.29, 1.82) is 0 Å². The molecule has 0 radical (unpaired) electrons. The highest BCUT2D eigenvalue weighted by atomic mass is 14.8. The Labute approximate surface area is 81.9 Å². The Morgan fingerprint density at radius 2 is 1.86 bits per heavy atom. The van der Waals surface area contributed by atoms with Crippen LogP contribution >= 0.6 is 0 Å². The Morgan fingerprint density at radius 1 is 1.00 bits per heavy atom. The molecule has 0 aliphatic carbocycles. The molecule has 4 nitrogen and oxygen atoms in total. The number of hydrogen-bond acceptors (Lipinski definition) is 4. The summed E-state index contributed by atoms with van der Waals surface area (Å²) in [5.41, 5.74) is 7.89. The molecule has 0 unspecified atom stereocenters. The van der Waals surface area contributed by atoms with Crippen LogP contribution in [0.25, 0.3) is 11.4 Å². The maximum Gasteiger partial charge on any atom is 0.111 e. The van der Waals surface area contributed by atoms with Crippen molar-refractivity contribution in [3.8, 4) is 11.4 Å². The first-order valence-corrected chi connectivity index (χ1v) is 4.33. The van der Waals surface area contributed by atoms with Gasteiger partial charge in [0.05, 0.1) is 11.4 Å². The third-order valence-corrected chi connectivity index (χ3v) is 1.87. The van der Waals surface area contributed by atoms with Gasteiger partial charge in [0.25, 0.3) is 0 Å². The minimum Gasteiger partial charge on any atom is -0.325 e. The van der Waals surface area contributed by atoms with E-state index in [9.17, 15) is 0 Å². The average Bonchev–Trinajstić information content (AvgIpc) is 2.30. The summed E-state index contributed by atoms with van der Waals surface area (Å²) in [7, 11) is 0. The molecular formula is C10H10N4. The van der Waals surface area contributed by atoms with Crippen LogP contribution in [0.5, 0.6) is 0 Å². The summed E-state index contributed by atoms with van der Waals surface area (Å²) in [4.78, 5) is 12.6. The number of nitrogens with two attached hydrogens (primary N) is 1. The van der Waals surface area contributed by atoms with Gasteiger partial charge in [-0.3, -0.25) is 15.0 Å². The molecule has 0 spiro atoms. The monoisotopic (exact) mass is 186 g/mol. The normalized spacial score (nSPS) is 10.1. The van der Waals surface area contributed by atoms with Crippen molar-refractivity contribution in [1.82, 2.24) is 15.0 Å². The predicted octanol–water partition coefficient (Wildman–Crippen LogP) is 0.997. The van der Waals surface area contributed by atoms with E-state index < -0.39 is 0 Å². The van der Waals surface area contributed by atoms with Crippen LogP contribution in [0.2, 0.25) is 0 Å². The molecule has 0 amide bonds. The van der Waals surface area contributed by atoms with Gasteiger partial charge in [0, 0.05) is 25.1 Å².